The minimum atomic E-state index is 0.0832. The van der Waals surface area contributed by atoms with Gasteiger partial charge in [0, 0.05) is 36.1 Å². The fourth-order valence-corrected chi connectivity index (χ4v) is 8.86. The fraction of sp³-hybridized carbons (Fsp3) is 0.500. The lowest BCUT2D eigenvalue weighted by Crippen LogP contribution is -2.57. The van der Waals surface area contributed by atoms with Crippen LogP contribution in [0.25, 0.3) is 17.3 Å². The highest BCUT2D eigenvalue weighted by molar-refractivity contribution is 8.26. The first-order chi connectivity index (χ1) is 16.9. The number of thioether (sulfide) groups is 1. The monoisotopic (exact) mass is 526 g/mol. The second-order valence-corrected chi connectivity index (χ2v) is 12.9. The van der Waals surface area contributed by atoms with Crippen LogP contribution in [0.1, 0.15) is 49.8 Å². The van der Waals surface area contributed by atoms with Crippen molar-refractivity contribution < 1.29 is 9.90 Å². The summed E-state index contributed by atoms with van der Waals surface area (Å²) in [5, 5.41) is 10.2. The Morgan fingerprint density at radius 2 is 1.77 bits per heavy atom. The first-order valence-electron chi connectivity index (χ1n) is 12.8. The Morgan fingerprint density at radius 3 is 2.40 bits per heavy atom. The molecule has 0 atom stereocenters. The Hall–Kier alpha value is -1.60. The van der Waals surface area contributed by atoms with E-state index >= 15 is 0 Å². The third kappa shape index (κ3) is 4.20. The zero-order valence-electron chi connectivity index (χ0n) is 20.0. The predicted molar refractivity (Wildman–Crippen MR) is 147 cm³/mol. The van der Waals surface area contributed by atoms with Crippen molar-refractivity contribution in [1.82, 2.24) is 9.47 Å². The van der Waals surface area contributed by atoms with Gasteiger partial charge in [0.15, 0.2) is 0 Å². The molecule has 184 valence electrons. The van der Waals surface area contributed by atoms with Crippen molar-refractivity contribution in [1.29, 1.82) is 0 Å². The van der Waals surface area contributed by atoms with E-state index in [1.54, 1.807) is 0 Å². The second-order valence-electron chi connectivity index (χ2n) is 10.8. The Labute approximate surface area is 221 Å². The number of hydrogen-bond donors (Lipinski definition) is 1. The van der Waals surface area contributed by atoms with E-state index in [0.29, 0.717) is 23.3 Å². The predicted octanol–water partition coefficient (Wildman–Crippen LogP) is 6.30. The summed E-state index contributed by atoms with van der Waals surface area (Å²) >= 11 is 13.4. The van der Waals surface area contributed by atoms with Gasteiger partial charge < -0.3 is 9.67 Å². The number of aliphatic hydroxyl groups excluding tert-OH is 1. The van der Waals surface area contributed by atoms with Crippen molar-refractivity contribution in [3.63, 3.8) is 0 Å². The summed E-state index contributed by atoms with van der Waals surface area (Å²) < 4.78 is 2.87. The molecule has 4 bridgehead atoms. The first-order valence-corrected chi connectivity index (χ1v) is 14.4. The molecule has 4 nitrogen and oxygen atoms in total. The molecule has 2 heterocycles. The van der Waals surface area contributed by atoms with Crippen molar-refractivity contribution >= 4 is 51.9 Å². The van der Waals surface area contributed by atoms with Gasteiger partial charge in [-0.1, -0.05) is 47.7 Å². The Bertz CT molecular complexity index is 1170. The van der Waals surface area contributed by atoms with Gasteiger partial charge in [0.1, 0.15) is 4.32 Å². The first kappa shape index (κ1) is 23.8. The third-order valence-corrected chi connectivity index (χ3v) is 10.3. The molecule has 7 rings (SSSR count). The Kier molecular flexibility index (Phi) is 6.36. The van der Waals surface area contributed by atoms with Crippen molar-refractivity contribution in [3.05, 3.63) is 51.5 Å². The van der Waals surface area contributed by atoms with Crippen molar-refractivity contribution in [2.24, 2.45) is 30.7 Å². The van der Waals surface area contributed by atoms with E-state index in [2.05, 4.69) is 10.6 Å². The minimum absolute atomic E-state index is 0.0832. The molecule has 1 saturated heterocycles. The molecule has 1 N–H and O–H groups in total. The molecule has 7 heteroatoms. The van der Waals surface area contributed by atoms with E-state index in [1.165, 1.54) is 43.9 Å². The highest BCUT2D eigenvalue weighted by Crippen LogP contribution is 2.56. The van der Waals surface area contributed by atoms with Gasteiger partial charge in [-0.15, -0.1) is 0 Å². The van der Waals surface area contributed by atoms with E-state index in [4.69, 9.17) is 23.8 Å². The second kappa shape index (κ2) is 9.37. The summed E-state index contributed by atoms with van der Waals surface area (Å²) in [6.45, 7) is 0.138. The highest BCUT2D eigenvalue weighted by atomic mass is 35.5. The molecule has 4 aliphatic carbocycles. The van der Waals surface area contributed by atoms with Crippen LogP contribution in [-0.4, -0.2) is 37.4 Å². The molecule has 0 radical (unpaired) electrons. The van der Waals surface area contributed by atoms with Gasteiger partial charge in [0.2, 0.25) is 0 Å². The fourth-order valence-electron chi connectivity index (χ4n) is 7.42. The number of amides is 1. The molecule has 1 aromatic carbocycles. The number of carbonyl (C=O) groups is 1. The van der Waals surface area contributed by atoms with Crippen LogP contribution in [-0.2, 0) is 18.3 Å². The smallest absolute Gasteiger partial charge is 0.266 e. The van der Waals surface area contributed by atoms with Crippen LogP contribution in [0.2, 0.25) is 5.02 Å². The molecular formula is C28H31ClN2O2S2. The molecule has 2 aromatic rings. The van der Waals surface area contributed by atoms with Gasteiger partial charge in [-0.3, -0.25) is 9.69 Å². The normalized spacial score (nSPS) is 30.8. The van der Waals surface area contributed by atoms with Gasteiger partial charge in [0.05, 0.1) is 4.91 Å². The van der Waals surface area contributed by atoms with Crippen LogP contribution in [0.4, 0.5) is 0 Å². The maximum Gasteiger partial charge on any atom is 0.266 e. The molecule has 1 aliphatic heterocycles. The molecule has 1 amide bonds. The Morgan fingerprint density at radius 1 is 1.11 bits per heavy atom. The van der Waals surface area contributed by atoms with E-state index in [0.717, 1.165) is 50.0 Å². The van der Waals surface area contributed by atoms with E-state index < -0.39 is 0 Å². The standard InChI is InChI=1S/C28H31ClN2O2S2/c1-30-23(18-4-6-22(29)7-5-18)14-19(3-2-8-32)24(30)15-25-27(33)31(28(34)35-25)26-20-10-16-9-17(12-20)13-21(26)11-16/h4-7,14-17,20-21,26,32H,2-3,8-13H2,1H3. The maximum absolute atomic E-state index is 13.8. The van der Waals surface area contributed by atoms with Crippen LogP contribution < -0.4 is 0 Å². The molecule has 5 fully saturated rings. The van der Waals surface area contributed by atoms with Crippen LogP contribution in [0, 0.1) is 23.7 Å². The van der Waals surface area contributed by atoms with Gasteiger partial charge in [0.25, 0.3) is 5.91 Å². The summed E-state index contributed by atoms with van der Waals surface area (Å²) in [6.07, 6.45) is 9.92. The number of aliphatic hydroxyl groups is 1. The van der Waals surface area contributed by atoms with Crippen LogP contribution in [0.3, 0.4) is 0 Å². The summed E-state index contributed by atoms with van der Waals surface area (Å²) in [6, 6.07) is 10.3. The number of halogens is 1. The number of benzene rings is 1. The number of rotatable bonds is 6. The van der Waals surface area contributed by atoms with Crippen molar-refractivity contribution in [2.45, 2.75) is 51.0 Å². The maximum atomic E-state index is 13.8. The third-order valence-electron chi connectivity index (χ3n) is 8.67. The van der Waals surface area contributed by atoms with Crippen LogP contribution >= 0.6 is 35.6 Å². The van der Waals surface area contributed by atoms with Crippen LogP contribution in [0.5, 0.6) is 0 Å². The number of thiocarbonyl (C=S) groups is 1. The molecule has 5 aliphatic rings. The van der Waals surface area contributed by atoms with E-state index in [9.17, 15) is 9.90 Å². The van der Waals surface area contributed by atoms with E-state index in [-0.39, 0.29) is 18.6 Å². The number of aromatic nitrogens is 1. The molecule has 35 heavy (non-hydrogen) atoms. The average molecular weight is 527 g/mol. The minimum Gasteiger partial charge on any atom is -0.396 e. The largest absolute Gasteiger partial charge is 0.396 e. The lowest BCUT2D eigenvalue weighted by molar-refractivity contribution is -0.130. The lowest BCUT2D eigenvalue weighted by Gasteiger charge is -2.56. The zero-order valence-corrected chi connectivity index (χ0v) is 22.3. The number of nitrogens with zero attached hydrogens (tertiary/aromatic N) is 2. The van der Waals surface area contributed by atoms with Gasteiger partial charge in [-0.2, -0.15) is 0 Å². The number of carbonyl (C=O) groups excluding carboxylic acids is 1. The van der Waals surface area contributed by atoms with E-state index in [1.807, 2.05) is 42.3 Å². The molecule has 0 spiro atoms. The summed E-state index contributed by atoms with van der Waals surface area (Å²) in [4.78, 5) is 16.5. The average Bonchev–Trinajstić information content (AvgIpc) is 3.28. The zero-order chi connectivity index (χ0) is 24.3. The molecule has 4 saturated carbocycles. The number of hydrogen-bond acceptors (Lipinski definition) is 4. The summed E-state index contributed by atoms with van der Waals surface area (Å²) in [5.74, 6) is 3.04. The molecule has 0 unspecified atom stereocenters. The highest BCUT2D eigenvalue weighted by Gasteiger charge is 2.53. The molecule has 1 aromatic heterocycles. The quantitative estimate of drug-likeness (QED) is 0.354. The SMILES string of the molecule is Cn1c(-c2ccc(Cl)cc2)cc(CCCO)c1C=C1SC(=S)N(C2C3CC4CC(C3)CC2C4)C1=O. The van der Waals surface area contributed by atoms with Gasteiger partial charge in [-0.25, -0.2) is 0 Å². The lowest BCUT2D eigenvalue weighted by atomic mass is 9.54. The summed E-state index contributed by atoms with van der Waals surface area (Å²) in [7, 11) is 2.04. The topological polar surface area (TPSA) is 45.5 Å². The number of aryl methyl sites for hydroxylation is 1. The van der Waals surface area contributed by atoms with Gasteiger partial charge in [-0.05, 0) is 104 Å². The Balaban J connectivity index is 1.33. The summed E-state index contributed by atoms with van der Waals surface area (Å²) in [5.41, 5.74) is 4.28. The van der Waals surface area contributed by atoms with Crippen LogP contribution in [0.15, 0.2) is 35.2 Å². The van der Waals surface area contributed by atoms with Crippen molar-refractivity contribution in [3.8, 4) is 11.3 Å². The van der Waals surface area contributed by atoms with Crippen molar-refractivity contribution in [2.75, 3.05) is 6.61 Å². The molecular weight excluding hydrogens is 496 g/mol. The van der Waals surface area contributed by atoms with Gasteiger partial charge >= 0.3 is 0 Å².